The molecule has 12 heavy (non-hydrogen) atoms. The molecule has 3 heteroatoms. The number of rotatable bonds is 2. The summed E-state index contributed by atoms with van der Waals surface area (Å²) >= 11 is 0. The van der Waals surface area contributed by atoms with E-state index in [1.165, 1.54) is 0 Å². The highest BCUT2D eigenvalue weighted by atomic mass is 16.5. The van der Waals surface area contributed by atoms with E-state index in [9.17, 15) is 9.90 Å². The van der Waals surface area contributed by atoms with Crippen molar-refractivity contribution in [1.29, 1.82) is 0 Å². The molecule has 0 atom stereocenters. The van der Waals surface area contributed by atoms with Crippen molar-refractivity contribution in [2.24, 2.45) is 5.92 Å². The third-order valence-corrected chi connectivity index (χ3v) is 2.18. The highest BCUT2D eigenvalue weighted by Crippen LogP contribution is 2.24. The lowest BCUT2D eigenvalue weighted by Gasteiger charge is -2.23. The highest BCUT2D eigenvalue weighted by molar-refractivity contribution is 5.72. The third kappa shape index (κ3) is 2.48. The molecule has 0 aromatic rings. The van der Waals surface area contributed by atoms with E-state index in [2.05, 4.69) is 0 Å². The molecule has 0 aromatic carbocycles. The van der Waals surface area contributed by atoms with Gasteiger partial charge < -0.3 is 9.84 Å². The summed E-state index contributed by atoms with van der Waals surface area (Å²) in [6.07, 6.45) is 0.563. The number of hydrogen-bond donors (Lipinski definition) is 1. The number of ether oxygens (including phenoxy) is 1. The largest absolute Gasteiger partial charge is 0.466 e. The van der Waals surface area contributed by atoms with Gasteiger partial charge in [0, 0.05) is 0 Å². The van der Waals surface area contributed by atoms with Crippen LogP contribution in [0.5, 0.6) is 0 Å². The zero-order chi connectivity index (χ0) is 9.90. The Morgan fingerprint density at radius 2 is 2.17 bits per heavy atom. The van der Waals surface area contributed by atoms with Crippen LogP contribution in [0.25, 0.3) is 0 Å². The monoisotopic (exact) mass is 173 g/mol. The molecule has 0 spiro atoms. The topological polar surface area (TPSA) is 46.5 Å². The van der Waals surface area contributed by atoms with E-state index in [0.717, 1.165) is 0 Å². The molecule has 1 aliphatic carbocycles. The van der Waals surface area contributed by atoms with Crippen molar-refractivity contribution in [2.75, 3.05) is 6.61 Å². The molecule has 1 N–H and O–H groups in total. The lowest BCUT2D eigenvalue weighted by Crippen LogP contribution is -2.25. The molecule has 1 rings (SSSR count). The quantitative estimate of drug-likeness (QED) is 0.636. The fraction of sp³-hybridized carbons (Fsp3) is 0.889. The fourth-order valence-corrected chi connectivity index (χ4v) is 1.45. The van der Waals surface area contributed by atoms with Gasteiger partial charge in [0.15, 0.2) is 0 Å². The molecule has 0 aliphatic heterocycles. The van der Waals surface area contributed by atoms with Crippen LogP contribution in [0.1, 0.15) is 34.0 Å². The van der Waals surface area contributed by atoms with Crippen LogP contribution in [-0.4, -0.2) is 23.8 Å². The van der Waals surface area contributed by atoms with Gasteiger partial charge in [0.1, 0.15) is 0 Å². The first-order valence-corrected chi connectivity index (χ1v) is 4.44. The Bertz CT molecular complexity index is 181. The average Bonchev–Trinajstić information content (AvgIpc) is 2.04. The first-order chi connectivity index (χ1) is 6.05. The first kappa shape index (κ1) is 8.05. The summed E-state index contributed by atoms with van der Waals surface area (Å²) in [6, 6.07) is 0. The number of esters is 1. The number of carbonyl (C=O) groups is 1. The van der Waals surface area contributed by atoms with Gasteiger partial charge in [-0.2, -0.15) is 0 Å². The summed E-state index contributed by atoms with van der Waals surface area (Å²) in [6.45, 7) is 2.18. The first-order valence-electron chi connectivity index (χ1n) is 4.94. The molecule has 1 saturated carbocycles. The van der Waals surface area contributed by atoms with Gasteiger partial charge in [0.2, 0.25) is 0 Å². The molecule has 3 nitrogen and oxygen atoms in total. The Morgan fingerprint density at radius 3 is 2.67 bits per heavy atom. The molecule has 0 amide bonds. The Balaban J connectivity index is 2.36. The summed E-state index contributed by atoms with van der Waals surface area (Å²) < 4.78 is 12.2. The molecule has 0 saturated heterocycles. The minimum atomic E-state index is -1.32. The SMILES string of the molecule is [2H]C1(O)CCC(C(=O)OCC)CC1. The van der Waals surface area contributed by atoms with Gasteiger partial charge in [0.05, 0.1) is 20.0 Å². The van der Waals surface area contributed by atoms with E-state index >= 15 is 0 Å². The van der Waals surface area contributed by atoms with Crippen molar-refractivity contribution in [3.8, 4) is 0 Å². The van der Waals surface area contributed by atoms with E-state index in [1.54, 1.807) is 6.92 Å². The predicted octanol–water partition coefficient (Wildman–Crippen LogP) is 1.10. The van der Waals surface area contributed by atoms with Crippen molar-refractivity contribution >= 4 is 5.97 Å². The standard InChI is InChI=1S/C9H16O3/c1-2-12-9(11)7-3-5-8(10)6-4-7/h7-8,10H,2-6H2,1H3/i8D. The third-order valence-electron chi connectivity index (χ3n) is 2.18. The van der Waals surface area contributed by atoms with Crippen molar-refractivity contribution in [3.05, 3.63) is 0 Å². The number of carbonyl (C=O) groups excluding carboxylic acids is 1. The summed E-state index contributed by atoms with van der Waals surface area (Å²) in [5, 5.41) is 9.32. The maximum Gasteiger partial charge on any atom is 0.308 e. The molecule has 0 unspecified atom stereocenters. The van der Waals surface area contributed by atoms with Crippen LogP contribution in [0.4, 0.5) is 0 Å². The Labute approximate surface area is 74.1 Å². The van der Waals surface area contributed by atoms with Gasteiger partial charge in [-0.1, -0.05) is 0 Å². The minimum absolute atomic E-state index is 0.106. The van der Waals surface area contributed by atoms with Crippen LogP contribution in [-0.2, 0) is 9.53 Å². The van der Waals surface area contributed by atoms with E-state index in [4.69, 9.17) is 6.11 Å². The Morgan fingerprint density at radius 1 is 1.58 bits per heavy atom. The van der Waals surface area contributed by atoms with Gasteiger partial charge >= 0.3 is 5.97 Å². The smallest absolute Gasteiger partial charge is 0.308 e. The van der Waals surface area contributed by atoms with E-state index in [-0.39, 0.29) is 11.9 Å². The molecule has 70 valence electrons. The Kier molecular flexibility index (Phi) is 2.99. The molecule has 0 bridgehead atoms. The predicted molar refractivity (Wildman–Crippen MR) is 44.6 cm³/mol. The second-order valence-corrected chi connectivity index (χ2v) is 3.09. The van der Waals surface area contributed by atoms with Crippen LogP contribution in [0.3, 0.4) is 0 Å². The maximum absolute atomic E-state index is 11.2. The van der Waals surface area contributed by atoms with Crippen LogP contribution in [0.15, 0.2) is 0 Å². The molecule has 0 radical (unpaired) electrons. The molecule has 0 heterocycles. The minimum Gasteiger partial charge on any atom is -0.466 e. The second-order valence-electron chi connectivity index (χ2n) is 3.09. The normalized spacial score (nSPS) is 37.2. The zero-order valence-electron chi connectivity index (χ0n) is 8.38. The molecular weight excluding hydrogens is 156 g/mol. The second kappa shape index (κ2) is 4.45. The molecular formula is C9H16O3. The molecule has 1 aliphatic rings. The van der Waals surface area contributed by atoms with Gasteiger partial charge in [-0.25, -0.2) is 0 Å². The van der Waals surface area contributed by atoms with Gasteiger partial charge in [-0.15, -0.1) is 0 Å². The summed E-state index contributed by atoms with van der Waals surface area (Å²) in [5.74, 6) is -0.288. The van der Waals surface area contributed by atoms with Crippen molar-refractivity contribution in [3.63, 3.8) is 0 Å². The number of hydrogen-bond acceptors (Lipinski definition) is 3. The maximum atomic E-state index is 11.2. The molecule has 1 fully saturated rings. The lowest BCUT2D eigenvalue weighted by molar-refractivity contribution is -0.149. The van der Waals surface area contributed by atoms with E-state index < -0.39 is 6.08 Å². The average molecular weight is 173 g/mol. The van der Waals surface area contributed by atoms with Gasteiger partial charge in [0.25, 0.3) is 0 Å². The Hall–Kier alpha value is -0.570. The van der Waals surface area contributed by atoms with Crippen molar-refractivity contribution in [1.82, 2.24) is 0 Å². The van der Waals surface area contributed by atoms with E-state index in [1.807, 2.05) is 0 Å². The highest BCUT2D eigenvalue weighted by Gasteiger charge is 2.25. The summed E-state index contributed by atoms with van der Waals surface area (Å²) in [5.41, 5.74) is 0. The van der Waals surface area contributed by atoms with Crippen LogP contribution >= 0.6 is 0 Å². The van der Waals surface area contributed by atoms with E-state index in [0.29, 0.717) is 32.3 Å². The van der Waals surface area contributed by atoms with Crippen LogP contribution < -0.4 is 0 Å². The fourth-order valence-electron chi connectivity index (χ4n) is 1.45. The van der Waals surface area contributed by atoms with Gasteiger partial charge in [-0.3, -0.25) is 4.79 Å². The lowest BCUT2D eigenvalue weighted by atomic mass is 9.88. The number of aliphatic hydroxyl groups is 1. The summed E-state index contributed by atoms with van der Waals surface area (Å²) in [7, 11) is 0. The van der Waals surface area contributed by atoms with Crippen LogP contribution in [0.2, 0.25) is 0 Å². The van der Waals surface area contributed by atoms with Gasteiger partial charge in [-0.05, 0) is 32.6 Å². The summed E-state index contributed by atoms with van der Waals surface area (Å²) in [4.78, 5) is 11.2. The van der Waals surface area contributed by atoms with Crippen molar-refractivity contribution < 1.29 is 16.0 Å². The zero-order valence-corrected chi connectivity index (χ0v) is 7.38. The van der Waals surface area contributed by atoms with Crippen LogP contribution in [0, 0.1) is 5.92 Å². The van der Waals surface area contributed by atoms with Crippen molar-refractivity contribution in [2.45, 2.75) is 38.7 Å². The molecule has 0 aromatic heterocycles.